The van der Waals surface area contributed by atoms with E-state index in [-0.39, 0.29) is 17.2 Å². The topological polar surface area (TPSA) is 91.8 Å². The quantitative estimate of drug-likeness (QED) is 0.173. The molecule has 0 bridgehead atoms. The average molecular weight is 723 g/mol. The number of ether oxygens (including phenoxy) is 1. The molecular weight excluding hydrogens is 690 g/mol. The van der Waals surface area contributed by atoms with Crippen LogP contribution in [0.1, 0.15) is 54.4 Å². The first-order chi connectivity index (χ1) is 25.2. The van der Waals surface area contributed by atoms with Gasteiger partial charge in [0.05, 0.1) is 16.1 Å². The van der Waals surface area contributed by atoms with Crippen molar-refractivity contribution in [1.82, 2.24) is 4.98 Å². The molecule has 12 heteroatoms. The summed E-state index contributed by atoms with van der Waals surface area (Å²) >= 11 is 1.20. The van der Waals surface area contributed by atoms with Crippen molar-refractivity contribution in [1.29, 1.82) is 0 Å². The number of rotatable bonds is 7. The molecule has 1 spiro atoms. The first kappa shape index (κ1) is 33.8. The first-order valence-electron chi connectivity index (χ1n) is 17.1. The minimum Gasteiger partial charge on any atom is -0.381 e. The smallest absolute Gasteiger partial charge is 0.259 e. The van der Waals surface area contributed by atoms with Gasteiger partial charge in [0.15, 0.2) is 5.78 Å². The van der Waals surface area contributed by atoms with Gasteiger partial charge in [-0.1, -0.05) is 18.2 Å². The summed E-state index contributed by atoms with van der Waals surface area (Å²) in [5.74, 6) is -3.59. The highest BCUT2D eigenvalue weighted by Gasteiger charge is 2.45. The molecule has 2 fully saturated rings. The molecule has 8 rings (SSSR count). The number of nitrogens with zero attached hydrogens (tertiary/aromatic N) is 3. The third-order valence-corrected chi connectivity index (χ3v) is 11.4. The number of nitrogens with one attached hydrogen (secondary N) is 1. The fourth-order valence-electron chi connectivity index (χ4n) is 7.34. The van der Waals surface area contributed by atoms with E-state index < -0.39 is 35.2 Å². The van der Waals surface area contributed by atoms with Crippen molar-refractivity contribution in [2.24, 2.45) is 5.41 Å². The van der Waals surface area contributed by atoms with Gasteiger partial charge in [-0.2, -0.15) is 0 Å². The molecule has 0 saturated carbocycles. The Morgan fingerprint density at radius 3 is 2.38 bits per heavy atom. The van der Waals surface area contributed by atoms with Gasteiger partial charge in [0.25, 0.3) is 11.8 Å². The standard InChI is InChI=1S/C40H33F3N4O4S/c41-26-19-31(42)30(32(43)20-26)21-34(48)35-18-25-11-15-47(33-6-2-1-4-28(33)36(25)52-35)39(50)24-7-9-27(10-8-24)45-38(49)29-5-3-14-44-37(29)46-22-40(23-46)12-16-51-17-13-40/h1-10,14,18-20H,11-13,15-17,21-23H2,(H,45,49). The maximum absolute atomic E-state index is 14.3. The number of hydrogen-bond acceptors (Lipinski definition) is 7. The average Bonchev–Trinajstić information content (AvgIpc) is 3.50. The van der Waals surface area contributed by atoms with Crippen LogP contribution < -0.4 is 15.1 Å². The highest BCUT2D eigenvalue weighted by atomic mass is 32.1. The summed E-state index contributed by atoms with van der Waals surface area (Å²) in [7, 11) is 0. The van der Waals surface area contributed by atoms with Gasteiger partial charge in [0.1, 0.15) is 23.3 Å². The van der Waals surface area contributed by atoms with E-state index in [1.807, 2.05) is 24.3 Å². The predicted octanol–water partition coefficient (Wildman–Crippen LogP) is 7.72. The Bertz CT molecular complexity index is 2190. The molecule has 2 saturated heterocycles. The third-order valence-electron chi connectivity index (χ3n) is 10.1. The number of pyridine rings is 1. The van der Waals surface area contributed by atoms with E-state index in [4.69, 9.17) is 4.74 Å². The fourth-order valence-corrected chi connectivity index (χ4v) is 8.53. The number of fused-ring (bicyclic) bond motifs is 3. The molecule has 3 aliphatic rings. The normalized spacial score (nSPS) is 16.1. The second-order valence-electron chi connectivity index (χ2n) is 13.5. The Balaban J connectivity index is 0.967. The zero-order chi connectivity index (χ0) is 36.0. The van der Waals surface area contributed by atoms with Crippen molar-refractivity contribution < 1.29 is 32.3 Å². The van der Waals surface area contributed by atoms with Crippen molar-refractivity contribution in [3.8, 4) is 10.4 Å². The molecule has 52 heavy (non-hydrogen) atoms. The Morgan fingerprint density at radius 1 is 0.904 bits per heavy atom. The summed E-state index contributed by atoms with van der Waals surface area (Å²) in [5, 5.41) is 2.96. The van der Waals surface area contributed by atoms with Crippen LogP contribution in [0.15, 0.2) is 85.1 Å². The van der Waals surface area contributed by atoms with Crippen LogP contribution in [-0.2, 0) is 17.6 Å². The van der Waals surface area contributed by atoms with E-state index in [1.165, 1.54) is 11.3 Å². The van der Waals surface area contributed by atoms with Crippen LogP contribution in [0.5, 0.6) is 0 Å². The monoisotopic (exact) mass is 722 g/mol. The molecule has 1 N–H and O–H groups in total. The van der Waals surface area contributed by atoms with Gasteiger partial charge in [-0.3, -0.25) is 14.4 Å². The molecular formula is C40H33F3N4O4S. The van der Waals surface area contributed by atoms with Crippen LogP contribution in [0, 0.1) is 22.9 Å². The largest absolute Gasteiger partial charge is 0.381 e. The number of ketones is 1. The number of amides is 2. The second-order valence-corrected chi connectivity index (χ2v) is 14.6. The summed E-state index contributed by atoms with van der Waals surface area (Å²) in [6, 6.07) is 20.5. The van der Waals surface area contributed by atoms with Crippen LogP contribution in [0.3, 0.4) is 0 Å². The summed E-state index contributed by atoms with van der Waals surface area (Å²) in [4.78, 5) is 50.1. The van der Waals surface area contributed by atoms with Gasteiger partial charge < -0.3 is 19.9 Å². The van der Waals surface area contributed by atoms with Crippen LogP contribution in [-0.4, -0.2) is 55.4 Å². The lowest BCUT2D eigenvalue weighted by Gasteiger charge is -2.53. The molecule has 0 atom stereocenters. The maximum atomic E-state index is 14.3. The van der Waals surface area contributed by atoms with Crippen molar-refractivity contribution >= 4 is 46.1 Å². The van der Waals surface area contributed by atoms with E-state index >= 15 is 0 Å². The van der Waals surface area contributed by atoms with Crippen molar-refractivity contribution in [3.05, 3.63) is 130 Å². The number of Topliss-reactive ketones (excluding diaryl/α,β-unsaturated/α-hetero) is 1. The molecule has 3 aliphatic heterocycles. The van der Waals surface area contributed by atoms with Gasteiger partial charge in [-0.05, 0) is 73.4 Å². The van der Waals surface area contributed by atoms with E-state index in [0.29, 0.717) is 58.3 Å². The highest BCUT2D eigenvalue weighted by molar-refractivity contribution is 7.17. The van der Waals surface area contributed by atoms with E-state index in [1.54, 1.807) is 53.6 Å². The lowest BCUT2D eigenvalue weighted by Crippen LogP contribution is -2.59. The van der Waals surface area contributed by atoms with Crippen LogP contribution >= 0.6 is 11.3 Å². The van der Waals surface area contributed by atoms with Crippen molar-refractivity contribution in [2.75, 3.05) is 48.0 Å². The van der Waals surface area contributed by atoms with Gasteiger partial charge in [0, 0.05) is 90.3 Å². The second kappa shape index (κ2) is 13.7. The SMILES string of the molecule is O=C(Cc1c(F)cc(F)cc1F)c1cc2c(s1)-c1ccccc1N(C(=O)c1ccc(NC(=O)c3cccnc3N3CC4(CCOCC4)C3)cc1)CC2. The lowest BCUT2D eigenvalue weighted by molar-refractivity contribution is -0.000510. The molecule has 8 nitrogen and oxygen atoms in total. The Labute approximate surface area is 301 Å². The first-order valence-corrected chi connectivity index (χ1v) is 17.9. The number of benzene rings is 3. The van der Waals surface area contributed by atoms with Crippen LogP contribution in [0.4, 0.5) is 30.4 Å². The number of aromatic nitrogens is 1. The summed E-state index contributed by atoms with van der Waals surface area (Å²) in [6.45, 7) is 3.54. The zero-order valence-electron chi connectivity index (χ0n) is 28.0. The zero-order valence-corrected chi connectivity index (χ0v) is 28.8. The Kier molecular flexibility index (Phi) is 8.88. The molecule has 0 aliphatic carbocycles. The van der Waals surface area contributed by atoms with Gasteiger partial charge in [-0.15, -0.1) is 11.3 Å². The van der Waals surface area contributed by atoms with Crippen LogP contribution in [0.25, 0.3) is 10.4 Å². The predicted molar refractivity (Wildman–Crippen MR) is 193 cm³/mol. The van der Waals surface area contributed by atoms with Gasteiger partial charge >= 0.3 is 0 Å². The highest BCUT2D eigenvalue weighted by Crippen LogP contribution is 2.43. The molecule has 2 aromatic heterocycles. The van der Waals surface area contributed by atoms with Crippen LogP contribution in [0.2, 0.25) is 0 Å². The van der Waals surface area contributed by atoms with Gasteiger partial charge in [0.2, 0.25) is 0 Å². The minimum atomic E-state index is -1.10. The summed E-state index contributed by atoms with van der Waals surface area (Å²) in [5.41, 5.74) is 3.46. The number of anilines is 3. The fraction of sp³-hybridized carbons (Fsp3) is 0.250. The number of carbonyl (C=O) groups excluding carboxylic acids is 3. The molecule has 2 amide bonds. The molecule has 0 radical (unpaired) electrons. The number of thiophene rings is 1. The van der Waals surface area contributed by atoms with Gasteiger partial charge in [-0.25, -0.2) is 18.2 Å². The number of halogens is 3. The number of carbonyl (C=O) groups is 3. The molecule has 5 aromatic rings. The summed E-state index contributed by atoms with van der Waals surface area (Å²) < 4.78 is 47.5. The molecule has 264 valence electrons. The number of para-hydroxylation sites is 1. The molecule has 0 unspecified atom stereocenters. The third kappa shape index (κ3) is 6.37. The lowest BCUT2D eigenvalue weighted by atomic mass is 9.73. The Morgan fingerprint density at radius 2 is 1.63 bits per heavy atom. The number of hydrogen-bond donors (Lipinski definition) is 1. The maximum Gasteiger partial charge on any atom is 0.259 e. The minimum absolute atomic E-state index is 0.226. The van der Waals surface area contributed by atoms with Crippen molar-refractivity contribution in [3.63, 3.8) is 0 Å². The molecule has 3 aromatic carbocycles. The molecule has 5 heterocycles. The van der Waals surface area contributed by atoms with Crippen molar-refractivity contribution in [2.45, 2.75) is 25.7 Å². The van der Waals surface area contributed by atoms with E-state index in [0.717, 1.165) is 55.1 Å². The van der Waals surface area contributed by atoms with E-state index in [9.17, 15) is 27.6 Å². The summed E-state index contributed by atoms with van der Waals surface area (Å²) in [6.07, 6.45) is 3.61. The van der Waals surface area contributed by atoms with E-state index in [2.05, 4.69) is 15.2 Å². The Hall–Kier alpha value is -5.33.